The van der Waals surface area contributed by atoms with Gasteiger partial charge in [0.15, 0.2) is 0 Å². The molecule has 1 aromatic rings. The number of methoxy groups -OCH3 is 1. The van der Waals surface area contributed by atoms with E-state index in [0.29, 0.717) is 5.56 Å². The SMILES string of the molecule is COC(=O)[C@@H]1C[C@@H](OC(=O)N2CCc3cccc(OS(=O)(=O)C(F)(F)F)c3C2)CN1C(=O)OC(C)(C)C. The van der Waals surface area contributed by atoms with Gasteiger partial charge in [-0.2, -0.15) is 21.6 Å². The smallest absolute Gasteiger partial charge is 0.467 e. The van der Waals surface area contributed by atoms with Crippen LogP contribution in [0.4, 0.5) is 22.8 Å². The maximum atomic E-state index is 12.9. The highest BCUT2D eigenvalue weighted by Crippen LogP contribution is 2.33. The summed E-state index contributed by atoms with van der Waals surface area (Å²) in [5, 5.41) is 0. The molecule has 1 aromatic carbocycles. The first-order chi connectivity index (χ1) is 17.0. The Bertz CT molecular complexity index is 1160. The van der Waals surface area contributed by atoms with E-state index >= 15 is 0 Å². The van der Waals surface area contributed by atoms with Crippen molar-refractivity contribution in [2.45, 2.75) is 63.4 Å². The number of hydrogen-bond acceptors (Lipinski definition) is 9. The molecule has 1 saturated heterocycles. The molecule has 0 unspecified atom stereocenters. The fourth-order valence-corrected chi connectivity index (χ4v) is 4.42. The van der Waals surface area contributed by atoms with Crippen LogP contribution in [-0.4, -0.2) is 79.8 Å². The minimum atomic E-state index is -5.91. The molecule has 2 amide bonds. The predicted molar refractivity (Wildman–Crippen MR) is 120 cm³/mol. The van der Waals surface area contributed by atoms with Gasteiger partial charge in [0.1, 0.15) is 23.5 Å². The van der Waals surface area contributed by atoms with Gasteiger partial charge in [-0.05, 0) is 38.8 Å². The largest absolute Gasteiger partial charge is 0.534 e. The van der Waals surface area contributed by atoms with Gasteiger partial charge < -0.3 is 23.3 Å². The molecule has 0 spiro atoms. The fourth-order valence-electron chi connectivity index (χ4n) is 3.93. The van der Waals surface area contributed by atoms with Crippen molar-refractivity contribution in [3.8, 4) is 5.75 Å². The number of nitrogens with zero attached hydrogens (tertiary/aromatic N) is 2. The summed E-state index contributed by atoms with van der Waals surface area (Å²) in [6.07, 6.45) is -2.41. The standard InChI is InChI=1S/C22H27F3N2O9S/c1-21(2,3)35-20(30)27-11-14(10-16(27)18(28)33-4)34-19(29)26-9-8-13-6-5-7-17(15(13)12-26)36-37(31,32)22(23,24)25/h5-7,14,16H,8-12H2,1-4H3/t14-,16+/m1/s1. The van der Waals surface area contributed by atoms with Crippen molar-refractivity contribution in [1.29, 1.82) is 0 Å². The first kappa shape index (κ1) is 28.3. The topological polar surface area (TPSA) is 129 Å². The van der Waals surface area contributed by atoms with Crippen LogP contribution in [0.3, 0.4) is 0 Å². The third kappa shape index (κ3) is 6.56. The molecule has 11 nitrogen and oxygen atoms in total. The van der Waals surface area contributed by atoms with Crippen molar-refractivity contribution >= 4 is 28.3 Å². The summed E-state index contributed by atoms with van der Waals surface area (Å²) >= 11 is 0. The van der Waals surface area contributed by atoms with E-state index in [4.69, 9.17) is 14.2 Å². The Labute approximate surface area is 211 Å². The number of ether oxygens (including phenoxy) is 3. The molecule has 0 aromatic heterocycles. The molecule has 1 fully saturated rings. The van der Waals surface area contributed by atoms with E-state index in [2.05, 4.69) is 4.18 Å². The van der Waals surface area contributed by atoms with Gasteiger partial charge in [-0.1, -0.05) is 12.1 Å². The predicted octanol–water partition coefficient (Wildman–Crippen LogP) is 2.96. The van der Waals surface area contributed by atoms with E-state index in [1.165, 1.54) is 11.0 Å². The Morgan fingerprint density at radius 1 is 1.08 bits per heavy atom. The number of halogens is 3. The van der Waals surface area contributed by atoms with Crippen molar-refractivity contribution in [2.24, 2.45) is 0 Å². The van der Waals surface area contributed by atoms with Crippen LogP contribution in [0.2, 0.25) is 0 Å². The second kappa shape index (κ2) is 10.3. The van der Waals surface area contributed by atoms with Gasteiger partial charge in [-0.15, -0.1) is 0 Å². The number of benzene rings is 1. The summed E-state index contributed by atoms with van der Waals surface area (Å²) in [5.74, 6) is -1.26. The molecule has 0 aliphatic carbocycles. The normalized spacial score (nSPS) is 20.2. The molecule has 37 heavy (non-hydrogen) atoms. The Kier molecular flexibility index (Phi) is 7.86. The van der Waals surface area contributed by atoms with Crippen LogP contribution in [-0.2, 0) is 42.1 Å². The highest BCUT2D eigenvalue weighted by Gasteiger charge is 2.49. The lowest BCUT2D eigenvalue weighted by Crippen LogP contribution is -2.44. The number of rotatable bonds is 4. The van der Waals surface area contributed by atoms with Crippen LogP contribution < -0.4 is 4.18 Å². The van der Waals surface area contributed by atoms with E-state index in [1.54, 1.807) is 26.8 Å². The van der Waals surface area contributed by atoms with Crippen LogP contribution in [0, 0.1) is 0 Å². The molecular formula is C22H27F3N2O9S. The molecule has 0 N–H and O–H groups in total. The molecule has 15 heteroatoms. The second-order valence-electron chi connectivity index (χ2n) is 9.46. The third-order valence-electron chi connectivity index (χ3n) is 5.60. The number of carbonyl (C=O) groups excluding carboxylic acids is 3. The highest BCUT2D eigenvalue weighted by molar-refractivity contribution is 7.88. The average Bonchev–Trinajstić information content (AvgIpc) is 3.20. The summed E-state index contributed by atoms with van der Waals surface area (Å²) in [5.41, 5.74) is -5.86. The lowest BCUT2D eigenvalue weighted by atomic mass is 9.99. The minimum Gasteiger partial charge on any atom is -0.467 e. The van der Waals surface area contributed by atoms with Crippen LogP contribution >= 0.6 is 0 Å². The highest BCUT2D eigenvalue weighted by atomic mass is 32.2. The number of carbonyl (C=O) groups is 3. The van der Waals surface area contributed by atoms with Gasteiger partial charge in [0.05, 0.1) is 20.2 Å². The Hall–Kier alpha value is -3.23. The van der Waals surface area contributed by atoms with E-state index in [9.17, 15) is 36.0 Å². The van der Waals surface area contributed by atoms with Crippen LogP contribution in [0.15, 0.2) is 18.2 Å². The number of alkyl halides is 3. The summed E-state index contributed by atoms with van der Waals surface area (Å²) in [6.45, 7) is 4.65. The monoisotopic (exact) mass is 552 g/mol. The van der Waals surface area contributed by atoms with Crippen molar-refractivity contribution in [3.63, 3.8) is 0 Å². The molecule has 2 heterocycles. The first-order valence-electron chi connectivity index (χ1n) is 11.2. The Balaban J connectivity index is 1.73. The average molecular weight is 553 g/mol. The van der Waals surface area contributed by atoms with Crippen LogP contribution in [0.25, 0.3) is 0 Å². The van der Waals surface area contributed by atoms with E-state index in [1.807, 2.05) is 0 Å². The number of hydrogen-bond donors (Lipinski definition) is 0. The molecule has 0 bridgehead atoms. The van der Waals surface area contributed by atoms with Crippen molar-refractivity contribution in [3.05, 3.63) is 29.3 Å². The van der Waals surface area contributed by atoms with Crippen molar-refractivity contribution in [2.75, 3.05) is 20.2 Å². The van der Waals surface area contributed by atoms with E-state index < -0.39 is 57.3 Å². The minimum absolute atomic E-state index is 0.0553. The van der Waals surface area contributed by atoms with Gasteiger partial charge >= 0.3 is 33.8 Å². The summed E-state index contributed by atoms with van der Waals surface area (Å²) in [7, 11) is -4.76. The zero-order valence-electron chi connectivity index (χ0n) is 20.5. The molecule has 2 aliphatic rings. The van der Waals surface area contributed by atoms with Gasteiger partial charge in [-0.25, -0.2) is 14.4 Å². The maximum absolute atomic E-state index is 12.9. The van der Waals surface area contributed by atoms with Gasteiger partial charge in [0, 0.05) is 18.5 Å². The van der Waals surface area contributed by atoms with E-state index in [-0.39, 0.29) is 38.0 Å². The third-order valence-corrected chi connectivity index (χ3v) is 6.57. The summed E-state index contributed by atoms with van der Waals surface area (Å²) in [4.78, 5) is 40.0. The van der Waals surface area contributed by atoms with Crippen LogP contribution in [0.5, 0.6) is 5.75 Å². The van der Waals surface area contributed by atoms with Crippen molar-refractivity contribution in [1.82, 2.24) is 9.80 Å². The Morgan fingerprint density at radius 3 is 2.35 bits per heavy atom. The summed E-state index contributed by atoms with van der Waals surface area (Å²) < 4.78 is 81.3. The van der Waals surface area contributed by atoms with Crippen molar-refractivity contribution < 1.29 is 54.4 Å². The quantitative estimate of drug-likeness (QED) is 0.240. The summed E-state index contributed by atoms with van der Waals surface area (Å²) in [6, 6.07) is 2.95. The molecule has 0 saturated carbocycles. The molecule has 2 aliphatic heterocycles. The number of fused-ring (bicyclic) bond motifs is 1. The van der Waals surface area contributed by atoms with Gasteiger partial charge in [0.2, 0.25) is 0 Å². The van der Waals surface area contributed by atoms with Gasteiger partial charge in [-0.3, -0.25) is 4.90 Å². The molecule has 206 valence electrons. The van der Waals surface area contributed by atoms with Gasteiger partial charge in [0.25, 0.3) is 0 Å². The zero-order valence-corrected chi connectivity index (χ0v) is 21.3. The Morgan fingerprint density at radius 2 is 1.76 bits per heavy atom. The van der Waals surface area contributed by atoms with Crippen LogP contribution in [0.1, 0.15) is 38.3 Å². The van der Waals surface area contributed by atoms with E-state index in [0.717, 1.165) is 18.1 Å². The molecule has 2 atom stereocenters. The zero-order chi connectivity index (χ0) is 27.8. The number of likely N-dealkylation sites (tertiary alicyclic amines) is 1. The number of amides is 2. The molecule has 3 rings (SSSR count). The number of esters is 1. The molecular weight excluding hydrogens is 525 g/mol. The fraction of sp³-hybridized carbons (Fsp3) is 0.591. The lowest BCUT2D eigenvalue weighted by molar-refractivity contribution is -0.145. The molecule has 0 radical (unpaired) electrons. The maximum Gasteiger partial charge on any atom is 0.534 e. The first-order valence-corrected chi connectivity index (χ1v) is 12.6. The lowest BCUT2D eigenvalue weighted by Gasteiger charge is -2.30. The second-order valence-corrected chi connectivity index (χ2v) is 11.0.